The minimum Gasteiger partial charge on any atom is -0.388 e. The van der Waals surface area contributed by atoms with Gasteiger partial charge in [0.05, 0.1) is 17.8 Å². The van der Waals surface area contributed by atoms with Crippen LogP contribution in [0.1, 0.15) is 25.0 Å². The Morgan fingerprint density at radius 3 is 3.23 bits per heavy atom. The topological polar surface area (TPSA) is 50.4 Å². The van der Waals surface area contributed by atoms with Crippen LogP contribution in [0.25, 0.3) is 5.52 Å². The minimum atomic E-state index is -0.389. The summed E-state index contributed by atoms with van der Waals surface area (Å²) in [6.07, 6.45) is 3.81. The van der Waals surface area contributed by atoms with Gasteiger partial charge in [0.2, 0.25) is 0 Å². The van der Waals surface area contributed by atoms with Crippen molar-refractivity contribution >= 4 is 5.52 Å². The molecule has 4 heteroatoms. The van der Waals surface area contributed by atoms with E-state index in [1.807, 2.05) is 19.1 Å². The maximum atomic E-state index is 9.58. The first kappa shape index (κ1) is 8.19. The zero-order chi connectivity index (χ0) is 9.26. The first-order valence-corrected chi connectivity index (χ1v) is 4.29. The van der Waals surface area contributed by atoms with E-state index < -0.39 is 0 Å². The van der Waals surface area contributed by atoms with E-state index in [9.17, 15) is 5.11 Å². The largest absolute Gasteiger partial charge is 0.388 e. The highest BCUT2D eigenvalue weighted by molar-refractivity contribution is 5.45. The zero-order valence-electron chi connectivity index (χ0n) is 7.38. The summed E-state index contributed by atoms with van der Waals surface area (Å²) in [7, 11) is 0. The van der Waals surface area contributed by atoms with E-state index in [0.717, 1.165) is 17.5 Å². The van der Waals surface area contributed by atoms with Gasteiger partial charge in [-0.1, -0.05) is 12.1 Å². The van der Waals surface area contributed by atoms with Gasteiger partial charge in [-0.15, -0.1) is 5.10 Å². The van der Waals surface area contributed by atoms with Gasteiger partial charge in [0.25, 0.3) is 0 Å². The molecule has 0 bridgehead atoms. The minimum absolute atomic E-state index is 0.389. The highest BCUT2D eigenvalue weighted by atomic mass is 16.3. The molecule has 0 aliphatic rings. The van der Waals surface area contributed by atoms with Crippen molar-refractivity contribution in [2.75, 3.05) is 0 Å². The molecule has 0 aromatic carbocycles. The van der Waals surface area contributed by atoms with Crippen LogP contribution >= 0.6 is 0 Å². The maximum absolute atomic E-state index is 9.58. The van der Waals surface area contributed by atoms with Gasteiger partial charge in [0, 0.05) is 6.20 Å². The second kappa shape index (κ2) is 3.14. The molecule has 0 saturated heterocycles. The summed E-state index contributed by atoms with van der Waals surface area (Å²) in [4.78, 5) is 0. The lowest BCUT2D eigenvalue weighted by Gasteiger charge is -2.07. The Kier molecular flexibility index (Phi) is 1.98. The third-order valence-corrected chi connectivity index (χ3v) is 2.10. The summed E-state index contributed by atoms with van der Waals surface area (Å²) in [6.45, 7) is 1.95. The first-order chi connectivity index (χ1) is 6.31. The van der Waals surface area contributed by atoms with Gasteiger partial charge in [-0.25, -0.2) is 4.52 Å². The Labute approximate surface area is 75.8 Å². The summed E-state index contributed by atoms with van der Waals surface area (Å²) in [6, 6.07) is 3.75. The van der Waals surface area contributed by atoms with Gasteiger partial charge in [-0.2, -0.15) is 0 Å². The van der Waals surface area contributed by atoms with Crippen molar-refractivity contribution in [3.8, 4) is 0 Å². The summed E-state index contributed by atoms with van der Waals surface area (Å²) in [5, 5.41) is 17.2. The number of hydrogen-bond donors (Lipinski definition) is 1. The second-order valence-corrected chi connectivity index (χ2v) is 2.99. The lowest BCUT2D eigenvalue weighted by molar-refractivity contribution is 0.173. The van der Waals surface area contributed by atoms with Crippen molar-refractivity contribution in [2.24, 2.45) is 0 Å². The Bertz CT molecular complexity index is 410. The number of pyridine rings is 1. The molecule has 0 aliphatic carbocycles. The fraction of sp³-hybridized carbons (Fsp3) is 0.333. The molecule has 2 aromatic rings. The molecule has 0 saturated carbocycles. The second-order valence-electron chi connectivity index (χ2n) is 2.99. The molecule has 1 N–H and O–H groups in total. The quantitative estimate of drug-likeness (QED) is 0.749. The predicted octanol–water partition coefficient (Wildman–Crippen LogP) is 1.17. The van der Waals surface area contributed by atoms with Crippen LogP contribution in [0.15, 0.2) is 24.5 Å². The fourth-order valence-corrected chi connectivity index (χ4v) is 1.29. The van der Waals surface area contributed by atoms with E-state index in [-0.39, 0.29) is 6.10 Å². The lowest BCUT2D eigenvalue weighted by Crippen LogP contribution is -1.96. The number of rotatable bonds is 2. The standard InChI is InChI=1S/C9H11N3O/c1-2-9(13)7-3-4-12-8(5-7)6-10-11-12/h3-6,9,13H,2H2,1H3. The zero-order valence-corrected chi connectivity index (χ0v) is 7.38. The van der Waals surface area contributed by atoms with Crippen molar-refractivity contribution in [1.82, 2.24) is 14.8 Å². The Morgan fingerprint density at radius 2 is 2.46 bits per heavy atom. The van der Waals surface area contributed by atoms with E-state index in [0.29, 0.717) is 0 Å². The van der Waals surface area contributed by atoms with Crippen molar-refractivity contribution < 1.29 is 5.11 Å². The number of aromatic nitrogens is 3. The number of hydrogen-bond acceptors (Lipinski definition) is 3. The van der Waals surface area contributed by atoms with Crippen LogP contribution in [0, 0.1) is 0 Å². The molecule has 2 rings (SSSR count). The molecule has 2 heterocycles. The van der Waals surface area contributed by atoms with Gasteiger partial charge < -0.3 is 5.11 Å². The van der Waals surface area contributed by atoms with E-state index in [2.05, 4.69) is 10.3 Å². The van der Waals surface area contributed by atoms with E-state index in [4.69, 9.17) is 0 Å². The van der Waals surface area contributed by atoms with Crippen LogP contribution in [0.5, 0.6) is 0 Å². The summed E-state index contributed by atoms with van der Waals surface area (Å²) >= 11 is 0. The summed E-state index contributed by atoms with van der Waals surface area (Å²) in [5.41, 5.74) is 1.82. The van der Waals surface area contributed by atoms with Crippen LogP contribution < -0.4 is 0 Å². The third-order valence-electron chi connectivity index (χ3n) is 2.10. The Hall–Kier alpha value is -1.42. The SMILES string of the molecule is CCC(O)c1ccn2nncc2c1. The number of aliphatic hydroxyl groups is 1. The van der Waals surface area contributed by atoms with Gasteiger partial charge in [-0.3, -0.25) is 0 Å². The van der Waals surface area contributed by atoms with E-state index in [1.54, 1.807) is 16.9 Å². The summed E-state index contributed by atoms with van der Waals surface area (Å²) < 4.78 is 1.67. The average molecular weight is 177 g/mol. The highest BCUT2D eigenvalue weighted by Crippen LogP contribution is 2.16. The molecule has 0 aliphatic heterocycles. The van der Waals surface area contributed by atoms with Gasteiger partial charge >= 0.3 is 0 Å². The van der Waals surface area contributed by atoms with Crippen LogP contribution in [0.2, 0.25) is 0 Å². The average Bonchev–Trinajstić information content (AvgIpc) is 2.63. The first-order valence-electron chi connectivity index (χ1n) is 4.29. The molecule has 13 heavy (non-hydrogen) atoms. The maximum Gasteiger partial charge on any atom is 0.0868 e. The molecular weight excluding hydrogens is 166 g/mol. The summed E-state index contributed by atoms with van der Waals surface area (Å²) in [5.74, 6) is 0. The molecule has 0 radical (unpaired) electrons. The number of fused-ring (bicyclic) bond motifs is 1. The number of nitrogens with zero attached hydrogens (tertiary/aromatic N) is 3. The molecule has 4 nitrogen and oxygen atoms in total. The van der Waals surface area contributed by atoms with E-state index >= 15 is 0 Å². The van der Waals surface area contributed by atoms with Crippen LogP contribution in [-0.4, -0.2) is 19.9 Å². The molecule has 1 atom stereocenters. The van der Waals surface area contributed by atoms with Gasteiger partial charge in [0.15, 0.2) is 0 Å². The van der Waals surface area contributed by atoms with Crippen LogP contribution in [0.4, 0.5) is 0 Å². The van der Waals surface area contributed by atoms with Gasteiger partial charge in [0.1, 0.15) is 0 Å². The smallest absolute Gasteiger partial charge is 0.0868 e. The normalized spacial score (nSPS) is 13.4. The van der Waals surface area contributed by atoms with Crippen LogP contribution in [0.3, 0.4) is 0 Å². The predicted molar refractivity (Wildman–Crippen MR) is 48.2 cm³/mol. The van der Waals surface area contributed by atoms with Crippen molar-refractivity contribution in [3.63, 3.8) is 0 Å². The molecule has 1 unspecified atom stereocenters. The monoisotopic (exact) mass is 177 g/mol. The fourth-order valence-electron chi connectivity index (χ4n) is 1.29. The van der Waals surface area contributed by atoms with Crippen molar-refractivity contribution in [2.45, 2.75) is 19.4 Å². The highest BCUT2D eigenvalue weighted by Gasteiger charge is 2.05. The molecule has 0 spiro atoms. The van der Waals surface area contributed by atoms with E-state index in [1.165, 1.54) is 0 Å². The van der Waals surface area contributed by atoms with Gasteiger partial charge in [-0.05, 0) is 24.1 Å². The third kappa shape index (κ3) is 1.40. The molecule has 2 aromatic heterocycles. The lowest BCUT2D eigenvalue weighted by atomic mass is 10.1. The molecular formula is C9H11N3O. The Morgan fingerprint density at radius 1 is 1.62 bits per heavy atom. The Balaban J connectivity index is 2.48. The molecule has 68 valence electrons. The number of aliphatic hydroxyl groups excluding tert-OH is 1. The van der Waals surface area contributed by atoms with Crippen molar-refractivity contribution in [3.05, 3.63) is 30.1 Å². The van der Waals surface area contributed by atoms with Crippen LogP contribution in [-0.2, 0) is 0 Å². The molecule has 0 amide bonds. The van der Waals surface area contributed by atoms with Crippen molar-refractivity contribution in [1.29, 1.82) is 0 Å². The molecule has 0 fully saturated rings.